The summed E-state index contributed by atoms with van der Waals surface area (Å²) >= 11 is 1.21. The van der Waals surface area contributed by atoms with Gasteiger partial charge in [-0.1, -0.05) is 0 Å². The van der Waals surface area contributed by atoms with Gasteiger partial charge in [-0.3, -0.25) is 0 Å². The first-order valence-corrected chi connectivity index (χ1v) is 12.5. The minimum Gasteiger partial charge on any atom is 0 e. The molecule has 0 aromatic heterocycles. The quantitative estimate of drug-likeness (QED) is 0.617. The van der Waals surface area contributed by atoms with Crippen molar-refractivity contribution < 1.29 is 17.1 Å². The molecule has 8 heavy (non-hydrogen) atoms. The summed E-state index contributed by atoms with van der Waals surface area (Å²) in [6, 6.07) is 0. The molecule has 0 saturated carbocycles. The summed E-state index contributed by atoms with van der Waals surface area (Å²) in [6.07, 6.45) is 4.08. The summed E-state index contributed by atoms with van der Waals surface area (Å²) in [5, 5.41) is 0. The first kappa shape index (κ1) is 16.3. The first-order valence-electron chi connectivity index (χ1n) is 2.32. The smallest absolute Gasteiger partial charge is 0 e. The summed E-state index contributed by atoms with van der Waals surface area (Å²) < 4.78 is 0. The molecule has 0 unspecified atom stereocenters. The van der Waals surface area contributed by atoms with Gasteiger partial charge in [-0.05, 0) is 12.5 Å². The van der Waals surface area contributed by atoms with Crippen LogP contribution in [0.3, 0.4) is 0 Å². The van der Waals surface area contributed by atoms with Crippen molar-refractivity contribution in [3.05, 3.63) is 0 Å². The summed E-state index contributed by atoms with van der Waals surface area (Å²) in [7, 11) is 0. The third-order valence-corrected chi connectivity index (χ3v) is 0. The molecule has 0 aliphatic rings. The van der Waals surface area contributed by atoms with Gasteiger partial charge >= 0.3 is 34.6 Å². The van der Waals surface area contributed by atoms with Crippen LogP contribution in [0.5, 0.6) is 0 Å². The molecular formula is C5H15CuSSn. The van der Waals surface area contributed by atoms with Crippen molar-refractivity contribution in [2.75, 3.05) is 12.5 Å². The molecule has 3 heteroatoms. The third-order valence-electron chi connectivity index (χ3n) is 0. The molecule has 0 amide bonds. The monoisotopic (exact) mass is 290 g/mol. The van der Waals surface area contributed by atoms with E-state index in [0.29, 0.717) is 0 Å². The second kappa shape index (κ2) is 15.9. The predicted molar refractivity (Wildman–Crippen MR) is 42.8 cm³/mol. The number of thioether (sulfide) groups is 1. The Morgan fingerprint density at radius 1 is 1.00 bits per heavy atom. The molecule has 0 N–H and O–H groups in total. The van der Waals surface area contributed by atoms with Gasteiger partial charge in [-0.2, -0.15) is 11.8 Å². The van der Waals surface area contributed by atoms with E-state index < -0.39 is 19.8 Å². The van der Waals surface area contributed by atoms with Gasteiger partial charge in [-0.15, -0.1) is 0 Å². The van der Waals surface area contributed by atoms with Gasteiger partial charge in [0.05, 0.1) is 0 Å². The van der Waals surface area contributed by atoms with E-state index in [4.69, 9.17) is 0 Å². The molecule has 0 saturated heterocycles. The second-order valence-electron chi connectivity index (χ2n) is 1.91. The van der Waals surface area contributed by atoms with Gasteiger partial charge in [0.2, 0.25) is 0 Å². The molecular weight excluding hydrogens is 274 g/mol. The normalized spacial score (nSPS) is 6.75. The van der Waals surface area contributed by atoms with Crippen molar-refractivity contribution in [3.63, 3.8) is 0 Å². The maximum Gasteiger partial charge on any atom is 0 e. The predicted octanol–water partition coefficient (Wildman–Crippen LogP) is 2.35. The van der Waals surface area contributed by atoms with Crippen LogP contribution in [0.1, 0.15) is 0 Å². The fraction of sp³-hybridized carbons (Fsp3) is 1.00. The van der Waals surface area contributed by atoms with E-state index in [-0.39, 0.29) is 17.1 Å². The van der Waals surface area contributed by atoms with Gasteiger partial charge in [0.25, 0.3) is 0 Å². The van der Waals surface area contributed by atoms with Crippen molar-refractivity contribution in [3.8, 4) is 0 Å². The van der Waals surface area contributed by atoms with Gasteiger partial charge in [0.1, 0.15) is 0 Å². The Balaban J connectivity index is -0.0000000575. The standard InChI is InChI=1S/C2H6S.3CH3.Cu.Sn/c1-3-2;;;;;/h1-2H3;3*1H3;;. The van der Waals surface area contributed by atoms with Gasteiger partial charge < -0.3 is 0 Å². The van der Waals surface area contributed by atoms with Crippen LogP contribution in [-0.2, 0) is 17.1 Å². The zero-order chi connectivity index (χ0) is 6.28. The van der Waals surface area contributed by atoms with Crippen LogP contribution in [0, 0.1) is 0 Å². The SMILES string of the molecule is CSC.[CH3][Sn]([CH3])[CH3].[Cu]. The molecule has 56 valence electrons. The van der Waals surface area contributed by atoms with Crippen molar-refractivity contribution in [2.24, 2.45) is 0 Å². The molecule has 0 atom stereocenters. The molecule has 0 bridgehead atoms. The molecule has 0 aromatic carbocycles. The number of rotatable bonds is 0. The van der Waals surface area contributed by atoms with E-state index in [0.717, 1.165) is 0 Å². The van der Waals surface area contributed by atoms with Gasteiger partial charge in [-0.25, -0.2) is 0 Å². The minimum absolute atomic E-state index is 0. The average molecular weight is 289 g/mol. The van der Waals surface area contributed by atoms with Crippen LogP contribution in [0.15, 0.2) is 0 Å². The molecule has 0 aliphatic carbocycles. The van der Waals surface area contributed by atoms with Crippen LogP contribution in [0.4, 0.5) is 0 Å². The van der Waals surface area contributed by atoms with Crippen LogP contribution < -0.4 is 0 Å². The van der Waals surface area contributed by atoms with E-state index in [1.54, 1.807) is 11.8 Å². The third kappa shape index (κ3) is 123. The van der Waals surface area contributed by atoms with E-state index in [2.05, 4.69) is 14.8 Å². The van der Waals surface area contributed by atoms with Crippen molar-refractivity contribution in [2.45, 2.75) is 14.8 Å². The number of hydrogen-bond donors (Lipinski definition) is 0. The molecule has 0 aliphatic heterocycles. The maximum atomic E-state index is 2.36. The summed E-state index contributed by atoms with van der Waals surface area (Å²) in [5.74, 6) is 0. The van der Waals surface area contributed by atoms with E-state index >= 15 is 0 Å². The first-order chi connectivity index (χ1) is 3.15. The fourth-order valence-electron chi connectivity index (χ4n) is 0. The van der Waals surface area contributed by atoms with Gasteiger partial charge in [0.15, 0.2) is 0 Å². The Morgan fingerprint density at radius 3 is 1.00 bits per heavy atom. The van der Waals surface area contributed by atoms with E-state index in [1.165, 1.54) is 0 Å². The molecule has 0 nitrogen and oxygen atoms in total. The Bertz CT molecular complexity index is 23.6. The zero-order valence-corrected chi connectivity index (χ0v) is 10.8. The average Bonchev–Trinajstić information content (AvgIpc) is 1.33. The molecule has 0 aromatic rings. The van der Waals surface area contributed by atoms with E-state index in [1.807, 2.05) is 12.5 Å². The topological polar surface area (TPSA) is 0 Å². The van der Waals surface area contributed by atoms with Crippen LogP contribution in [0.2, 0.25) is 14.8 Å². The number of hydrogen-bond acceptors (Lipinski definition) is 1. The fourth-order valence-corrected chi connectivity index (χ4v) is 0. The van der Waals surface area contributed by atoms with Crippen LogP contribution >= 0.6 is 11.8 Å². The Labute approximate surface area is 75.4 Å². The zero-order valence-electron chi connectivity index (χ0n) is 6.21. The molecule has 2 radical (unpaired) electrons. The van der Waals surface area contributed by atoms with E-state index in [9.17, 15) is 0 Å². The van der Waals surface area contributed by atoms with Crippen molar-refractivity contribution in [1.29, 1.82) is 0 Å². The second-order valence-corrected chi connectivity index (χ2v) is 11.3. The Kier molecular flexibility index (Phi) is 32.4. The molecule has 0 spiro atoms. The minimum atomic E-state index is -0.543. The summed E-state index contributed by atoms with van der Waals surface area (Å²) in [6.45, 7) is 0. The van der Waals surface area contributed by atoms with Crippen LogP contribution in [0.25, 0.3) is 0 Å². The van der Waals surface area contributed by atoms with Gasteiger partial charge in [0, 0.05) is 17.1 Å². The largest absolute Gasteiger partial charge is 0 e. The Hall–Kier alpha value is 1.67. The summed E-state index contributed by atoms with van der Waals surface area (Å²) in [5.41, 5.74) is 0. The molecule has 0 rings (SSSR count). The van der Waals surface area contributed by atoms with Crippen molar-refractivity contribution >= 4 is 31.5 Å². The Morgan fingerprint density at radius 2 is 1.00 bits per heavy atom. The van der Waals surface area contributed by atoms with Crippen molar-refractivity contribution in [1.82, 2.24) is 0 Å². The molecule has 0 fully saturated rings. The van der Waals surface area contributed by atoms with Crippen LogP contribution in [-0.4, -0.2) is 32.3 Å². The maximum absolute atomic E-state index is 2.36. The summed E-state index contributed by atoms with van der Waals surface area (Å²) in [4.78, 5) is 7.09. The molecule has 0 heterocycles.